The first kappa shape index (κ1) is 18.9. The van der Waals surface area contributed by atoms with Crippen LogP contribution in [0.1, 0.15) is 12.0 Å². The van der Waals surface area contributed by atoms with E-state index in [2.05, 4.69) is 10.5 Å². The summed E-state index contributed by atoms with van der Waals surface area (Å²) in [5, 5.41) is 23.7. The molecule has 10 heteroatoms. The number of nitrogens with one attached hydrogen (secondary N) is 1. The predicted octanol–water partition coefficient (Wildman–Crippen LogP) is 0.227. The van der Waals surface area contributed by atoms with Crippen LogP contribution in [0.15, 0.2) is 23.4 Å². The average Bonchev–Trinajstić information content (AvgIpc) is 3.15. The van der Waals surface area contributed by atoms with Gasteiger partial charge in [0.25, 0.3) is 0 Å². The Morgan fingerprint density at radius 2 is 2.04 bits per heavy atom. The number of aliphatic hydroxyl groups is 1. The minimum Gasteiger partial charge on any atom is -0.465 e. The lowest BCUT2D eigenvalue weighted by Crippen LogP contribution is -2.49. The molecule has 2 aliphatic rings. The summed E-state index contributed by atoms with van der Waals surface area (Å²) in [6.07, 6.45) is -1.15. The Hall–Kier alpha value is -2.88. The zero-order valence-corrected chi connectivity index (χ0v) is 14.6. The van der Waals surface area contributed by atoms with Crippen molar-refractivity contribution in [1.82, 2.24) is 10.2 Å². The summed E-state index contributed by atoms with van der Waals surface area (Å²) in [4.78, 5) is 30.6. The second-order valence-electron chi connectivity index (χ2n) is 6.35. The Labute approximate surface area is 155 Å². The van der Waals surface area contributed by atoms with Gasteiger partial charge in [0.2, 0.25) is 5.91 Å². The molecule has 0 bridgehead atoms. The first-order chi connectivity index (χ1) is 13.0. The molecule has 0 spiro atoms. The molecule has 1 aromatic rings. The van der Waals surface area contributed by atoms with Gasteiger partial charge in [-0.2, -0.15) is 0 Å². The van der Waals surface area contributed by atoms with Gasteiger partial charge < -0.3 is 30.2 Å². The Balaban J connectivity index is 1.60. The molecule has 2 aliphatic heterocycles. The number of carboxylic acid groups (broad SMARTS) is 1. The molecule has 0 saturated carbocycles. The summed E-state index contributed by atoms with van der Waals surface area (Å²) < 4.78 is 14.6. The highest BCUT2D eigenvalue weighted by molar-refractivity contribution is 6.01. The number of oxime groups is 1. The molecule has 2 amide bonds. The van der Waals surface area contributed by atoms with Crippen molar-refractivity contribution in [2.45, 2.75) is 12.5 Å². The number of halogens is 1. The third kappa shape index (κ3) is 4.45. The van der Waals surface area contributed by atoms with Crippen molar-refractivity contribution >= 4 is 23.4 Å². The van der Waals surface area contributed by atoms with E-state index in [4.69, 9.17) is 15.1 Å². The molecule has 0 radical (unpaired) electrons. The van der Waals surface area contributed by atoms with Gasteiger partial charge in [-0.15, -0.1) is 0 Å². The molecular weight excluding hydrogens is 359 g/mol. The number of amides is 2. The van der Waals surface area contributed by atoms with Crippen LogP contribution < -0.4 is 10.2 Å². The number of nitrogens with zero attached hydrogens (tertiary/aromatic N) is 3. The smallest absolute Gasteiger partial charge is 0.404 e. The van der Waals surface area contributed by atoms with E-state index in [0.717, 1.165) is 0 Å². The van der Waals surface area contributed by atoms with Gasteiger partial charge in [0.05, 0.1) is 17.9 Å². The Kier molecular flexibility index (Phi) is 5.75. The van der Waals surface area contributed by atoms with E-state index < -0.39 is 24.6 Å². The summed E-state index contributed by atoms with van der Waals surface area (Å²) in [6.45, 7) is 1.42. The van der Waals surface area contributed by atoms with Crippen molar-refractivity contribution in [1.29, 1.82) is 0 Å². The number of hydrogen-bond donors (Lipinski definition) is 3. The van der Waals surface area contributed by atoms with Crippen LogP contribution in [0.4, 0.5) is 14.9 Å². The largest absolute Gasteiger partial charge is 0.465 e. The van der Waals surface area contributed by atoms with E-state index in [1.54, 1.807) is 17.0 Å². The minimum absolute atomic E-state index is 0.111. The number of carbonyl (C=O) groups excluding carboxylic acids is 1. The number of carbonyl (C=O) groups is 2. The molecule has 27 heavy (non-hydrogen) atoms. The second kappa shape index (κ2) is 8.21. The monoisotopic (exact) mass is 380 g/mol. The molecule has 9 nitrogen and oxygen atoms in total. The first-order valence-electron chi connectivity index (χ1n) is 8.61. The van der Waals surface area contributed by atoms with E-state index in [1.165, 1.54) is 6.07 Å². The predicted molar refractivity (Wildman–Crippen MR) is 94.3 cm³/mol. The Bertz CT molecular complexity index is 749. The average molecular weight is 380 g/mol. The highest BCUT2D eigenvalue weighted by atomic mass is 19.1. The van der Waals surface area contributed by atoms with E-state index in [-0.39, 0.29) is 12.5 Å². The molecule has 1 fully saturated rings. The minimum atomic E-state index is -1.14. The van der Waals surface area contributed by atoms with Gasteiger partial charge in [-0.1, -0.05) is 11.2 Å². The highest BCUT2D eigenvalue weighted by Gasteiger charge is 2.25. The van der Waals surface area contributed by atoms with Crippen molar-refractivity contribution < 1.29 is 29.0 Å². The van der Waals surface area contributed by atoms with Crippen LogP contribution in [0.25, 0.3) is 0 Å². The summed E-state index contributed by atoms with van der Waals surface area (Å²) >= 11 is 0. The molecule has 2 heterocycles. The topological polar surface area (TPSA) is 115 Å². The Morgan fingerprint density at radius 3 is 2.67 bits per heavy atom. The summed E-state index contributed by atoms with van der Waals surface area (Å²) in [7, 11) is 0. The van der Waals surface area contributed by atoms with Crippen LogP contribution in [0, 0.1) is 5.82 Å². The van der Waals surface area contributed by atoms with Crippen LogP contribution in [0.2, 0.25) is 0 Å². The first-order valence-corrected chi connectivity index (χ1v) is 8.61. The molecular formula is C17H21FN4O5. The van der Waals surface area contributed by atoms with Crippen LogP contribution in [-0.4, -0.2) is 78.3 Å². The van der Waals surface area contributed by atoms with E-state index in [9.17, 15) is 14.0 Å². The van der Waals surface area contributed by atoms with Gasteiger partial charge in [-0.3, -0.25) is 4.79 Å². The van der Waals surface area contributed by atoms with E-state index in [0.29, 0.717) is 49.6 Å². The maximum absolute atomic E-state index is 14.6. The number of rotatable bonds is 5. The molecule has 1 aromatic carbocycles. The van der Waals surface area contributed by atoms with Crippen molar-refractivity contribution in [3.8, 4) is 0 Å². The van der Waals surface area contributed by atoms with Gasteiger partial charge in [-0.05, 0) is 12.1 Å². The Morgan fingerprint density at radius 1 is 1.30 bits per heavy atom. The number of hydrogen-bond acceptors (Lipinski definition) is 6. The molecule has 146 valence electrons. The molecule has 0 aromatic heterocycles. The molecule has 3 rings (SSSR count). The van der Waals surface area contributed by atoms with Crippen LogP contribution in [-0.2, 0) is 9.63 Å². The van der Waals surface area contributed by atoms with Crippen molar-refractivity contribution in [3.05, 3.63) is 29.6 Å². The third-order valence-electron chi connectivity index (χ3n) is 4.60. The third-order valence-corrected chi connectivity index (χ3v) is 4.60. The lowest BCUT2D eigenvalue weighted by molar-refractivity contribution is -0.134. The van der Waals surface area contributed by atoms with Crippen molar-refractivity contribution in [2.75, 3.05) is 44.2 Å². The summed E-state index contributed by atoms with van der Waals surface area (Å²) in [6, 6.07) is 4.80. The van der Waals surface area contributed by atoms with Crippen molar-refractivity contribution in [3.63, 3.8) is 0 Å². The molecule has 3 N–H and O–H groups in total. The number of piperazine rings is 1. The summed E-state index contributed by atoms with van der Waals surface area (Å²) in [5.41, 5.74) is 1.60. The van der Waals surface area contributed by atoms with Gasteiger partial charge >= 0.3 is 6.09 Å². The standard InChI is InChI=1S/C17H21FN4O5/c18-13-7-11(14-8-12(27-20-14)9-19-17(25)26)1-2-15(13)21-3-5-22(6-4-21)16(24)10-23/h1-2,7,12,19,23H,3-6,8-10H2,(H,25,26)/t12-/m1/s1. The normalized spacial score (nSPS) is 19.5. The maximum atomic E-state index is 14.6. The van der Waals surface area contributed by atoms with E-state index in [1.807, 2.05) is 4.90 Å². The zero-order chi connectivity index (χ0) is 19.4. The lowest BCUT2D eigenvalue weighted by Gasteiger charge is -2.36. The highest BCUT2D eigenvalue weighted by Crippen LogP contribution is 2.24. The van der Waals surface area contributed by atoms with Gasteiger partial charge in [0.15, 0.2) is 6.10 Å². The number of aliphatic hydroxyl groups excluding tert-OH is 1. The number of anilines is 1. The van der Waals surface area contributed by atoms with Crippen LogP contribution in [0.5, 0.6) is 0 Å². The van der Waals surface area contributed by atoms with Crippen LogP contribution >= 0.6 is 0 Å². The quantitative estimate of drug-likeness (QED) is 0.674. The fourth-order valence-corrected chi connectivity index (χ4v) is 3.15. The van der Waals surface area contributed by atoms with Gasteiger partial charge in [0.1, 0.15) is 12.4 Å². The zero-order valence-electron chi connectivity index (χ0n) is 14.6. The fraction of sp³-hybridized carbons (Fsp3) is 0.471. The molecule has 1 atom stereocenters. The van der Waals surface area contributed by atoms with Gasteiger partial charge in [0, 0.05) is 38.2 Å². The summed E-state index contributed by atoms with van der Waals surface area (Å²) in [5.74, 6) is -0.721. The van der Waals surface area contributed by atoms with E-state index >= 15 is 0 Å². The van der Waals surface area contributed by atoms with Crippen molar-refractivity contribution in [2.24, 2.45) is 5.16 Å². The molecule has 0 aliphatic carbocycles. The molecule has 1 saturated heterocycles. The number of benzene rings is 1. The SMILES string of the molecule is O=C(O)NC[C@H]1CC(c2ccc(N3CCN(C(=O)CO)CC3)c(F)c2)=NO1. The van der Waals surface area contributed by atoms with Crippen LogP contribution in [0.3, 0.4) is 0 Å². The van der Waals surface area contributed by atoms with Gasteiger partial charge in [-0.25, -0.2) is 9.18 Å². The second-order valence-corrected chi connectivity index (χ2v) is 6.35. The lowest BCUT2D eigenvalue weighted by atomic mass is 10.0. The molecule has 0 unspecified atom stereocenters. The maximum Gasteiger partial charge on any atom is 0.404 e. The fourth-order valence-electron chi connectivity index (χ4n) is 3.15.